The first-order valence-electron chi connectivity index (χ1n) is 7.53. The zero-order chi connectivity index (χ0) is 15.0. The number of nitrogens with two attached hydrogens (primary N) is 1. The van der Waals surface area contributed by atoms with Gasteiger partial charge in [0.05, 0.1) is 0 Å². The summed E-state index contributed by atoms with van der Waals surface area (Å²) in [6.07, 6.45) is 0.864. The third kappa shape index (κ3) is 2.76. The molecule has 114 valence electrons. The number of rotatable bonds is 3. The molecule has 0 bridgehead atoms. The molecule has 1 amide bonds. The van der Waals surface area contributed by atoms with Crippen LogP contribution in [0.25, 0.3) is 0 Å². The van der Waals surface area contributed by atoms with E-state index in [1.54, 1.807) is 0 Å². The number of amides is 1. The van der Waals surface area contributed by atoms with Gasteiger partial charge in [-0.15, -0.1) is 0 Å². The molecule has 5 nitrogen and oxygen atoms in total. The molecule has 2 aliphatic heterocycles. The van der Waals surface area contributed by atoms with Crippen LogP contribution < -0.4 is 15.8 Å². The van der Waals surface area contributed by atoms with Gasteiger partial charge in [-0.2, -0.15) is 0 Å². The van der Waals surface area contributed by atoms with Crippen LogP contribution in [0, 0.1) is 0 Å². The van der Waals surface area contributed by atoms with Gasteiger partial charge in [0.25, 0.3) is 0 Å². The summed E-state index contributed by atoms with van der Waals surface area (Å²) in [5, 5.41) is 3.30. The van der Waals surface area contributed by atoms with Crippen molar-refractivity contribution in [1.82, 2.24) is 10.2 Å². The Labute approximate surface area is 125 Å². The van der Waals surface area contributed by atoms with Gasteiger partial charge in [-0.05, 0) is 19.4 Å². The zero-order valence-electron chi connectivity index (χ0n) is 12.7. The van der Waals surface area contributed by atoms with Crippen LogP contribution in [-0.2, 0) is 11.2 Å². The van der Waals surface area contributed by atoms with Crippen LogP contribution in [0.1, 0.15) is 31.0 Å². The lowest BCUT2D eigenvalue weighted by molar-refractivity contribution is -0.123. The molecule has 1 atom stereocenters. The van der Waals surface area contributed by atoms with E-state index in [2.05, 4.69) is 30.1 Å². The SMILES string of the molecule is CC1(C)Cc2cccc(C(C(N)=O)N3CCNCC3)c2O1. The second kappa shape index (κ2) is 5.31. The standard InChI is InChI=1S/C16H23N3O2/c1-16(2)10-11-4-3-5-12(14(11)21-16)13(15(17)20)19-8-6-18-7-9-19/h3-5,13,18H,6-10H2,1-2H3,(H2,17,20). The second-order valence-corrected chi connectivity index (χ2v) is 6.46. The summed E-state index contributed by atoms with van der Waals surface area (Å²) < 4.78 is 6.10. The molecule has 0 aliphatic carbocycles. The Morgan fingerprint density at radius 3 is 2.76 bits per heavy atom. The van der Waals surface area contributed by atoms with E-state index in [0.29, 0.717) is 0 Å². The van der Waals surface area contributed by atoms with Crippen LogP contribution in [0.15, 0.2) is 18.2 Å². The number of carbonyl (C=O) groups is 1. The number of ether oxygens (including phenoxy) is 1. The third-order valence-corrected chi connectivity index (χ3v) is 4.20. The first kappa shape index (κ1) is 14.4. The maximum atomic E-state index is 12.1. The van der Waals surface area contributed by atoms with Crippen LogP contribution in [0.4, 0.5) is 0 Å². The van der Waals surface area contributed by atoms with Gasteiger partial charge < -0.3 is 15.8 Å². The van der Waals surface area contributed by atoms with Crippen LogP contribution in [0.2, 0.25) is 0 Å². The summed E-state index contributed by atoms with van der Waals surface area (Å²) >= 11 is 0. The average Bonchev–Trinajstić information content (AvgIpc) is 2.75. The third-order valence-electron chi connectivity index (χ3n) is 4.20. The molecule has 1 unspecified atom stereocenters. The van der Waals surface area contributed by atoms with Gasteiger partial charge in [0.15, 0.2) is 0 Å². The Balaban J connectivity index is 1.98. The average molecular weight is 289 g/mol. The molecule has 21 heavy (non-hydrogen) atoms. The largest absolute Gasteiger partial charge is 0.487 e. The van der Waals surface area contributed by atoms with Gasteiger partial charge in [-0.25, -0.2) is 0 Å². The lowest BCUT2D eigenvalue weighted by Gasteiger charge is -2.34. The lowest BCUT2D eigenvalue weighted by atomic mass is 9.97. The van der Waals surface area contributed by atoms with Crippen molar-refractivity contribution in [3.63, 3.8) is 0 Å². The summed E-state index contributed by atoms with van der Waals surface area (Å²) in [5.74, 6) is 0.545. The van der Waals surface area contributed by atoms with Crippen molar-refractivity contribution in [3.05, 3.63) is 29.3 Å². The van der Waals surface area contributed by atoms with E-state index in [1.807, 2.05) is 12.1 Å². The summed E-state index contributed by atoms with van der Waals surface area (Å²) in [5.41, 5.74) is 7.56. The number of hydrogen-bond acceptors (Lipinski definition) is 4. The minimum absolute atomic E-state index is 0.218. The molecule has 2 heterocycles. The molecule has 0 saturated carbocycles. The second-order valence-electron chi connectivity index (χ2n) is 6.46. The number of piperazine rings is 1. The zero-order valence-corrected chi connectivity index (χ0v) is 12.7. The number of nitrogens with zero attached hydrogens (tertiary/aromatic N) is 1. The van der Waals surface area contributed by atoms with Gasteiger partial charge in [0, 0.05) is 38.2 Å². The molecule has 1 aromatic rings. The van der Waals surface area contributed by atoms with Gasteiger partial charge in [0.1, 0.15) is 17.4 Å². The first-order chi connectivity index (χ1) is 9.98. The van der Waals surface area contributed by atoms with Crippen molar-refractivity contribution in [1.29, 1.82) is 0 Å². The number of fused-ring (bicyclic) bond motifs is 1. The van der Waals surface area contributed by atoms with Crippen LogP contribution in [0.5, 0.6) is 5.75 Å². The summed E-state index contributed by atoms with van der Waals surface area (Å²) in [6.45, 7) is 7.54. The molecule has 0 radical (unpaired) electrons. The van der Waals surface area contributed by atoms with Crippen molar-refractivity contribution in [2.24, 2.45) is 5.73 Å². The number of benzene rings is 1. The Kier molecular flexibility index (Phi) is 3.63. The Morgan fingerprint density at radius 1 is 1.38 bits per heavy atom. The fourth-order valence-corrected chi connectivity index (χ4v) is 3.32. The lowest BCUT2D eigenvalue weighted by Crippen LogP contribution is -2.48. The molecule has 0 aromatic heterocycles. The Bertz CT molecular complexity index is 550. The van der Waals surface area contributed by atoms with Crippen molar-refractivity contribution in [3.8, 4) is 5.75 Å². The maximum Gasteiger partial charge on any atom is 0.239 e. The highest BCUT2D eigenvalue weighted by atomic mass is 16.5. The monoisotopic (exact) mass is 289 g/mol. The van der Waals surface area contributed by atoms with E-state index in [0.717, 1.165) is 43.9 Å². The molecule has 1 fully saturated rings. The Hall–Kier alpha value is -1.59. The topological polar surface area (TPSA) is 67.6 Å². The number of carbonyl (C=O) groups excluding carboxylic acids is 1. The normalized spacial score (nSPS) is 22.4. The van der Waals surface area contributed by atoms with E-state index < -0.39 is 6.04 Å². The first-order valence-corrected chi connectivity index (χ1v) is 7.53. The van der Waals surface area contributed by atoms with Crippen LogP contribution >= 0.6 is 0 Å². The van der Waals surface area contributed by atoms with Crippen LogP contribution in [-0.4, -0.2) is 42.6 Å². The van der Waals surface area contributed by atoms with E-state index in [9.17, 15) is 4.79 Å². The van der Waals surface area contributed by atoms with Crippen molar-refractivity contribution >= 4 is 5.91 Å². The fraction of sp³-hybridized carbons (Fsp3) is 0.562. The Morgan fingerprint density at radius 2 is 2.10 bits per heavy atom. The molecule has 0 spiro atoms. The van der Waals surface area contributed by atoms with Crippen molar-refractivity contribution in [2.75, 3.05) is 26.2 Å². The quantitative estimate of drug-likeness (QED) is 0.865. The van der Waals surface area contributed by atoms with Crippen molar-refractivity contribution < 1.29 is 9.53 Å². The number of nitrogens with one attached hydrogen (secondary N) is 1. The highest BCUT2D eigenvalue weighted by molar-refractivity contribution is 5.82. The number of hydrogen-bond donors (Lipinski definition) is 2. The van der Waals surface area contributed by atoms with E-state index in [4.69, 9.17) is 10.5 Å². The molecule has 3 rings (SSSR count). The number of primary amides is 1. The highest BCUT2D eigenvalue weighted by Crippen LogP contribution is 2.41. The molecule has 2 aliphatic rings. The highest BCUT2D eigenvalue weighted by Gasteiger charge is 2.36. The fourth-order valence-electron chi connectivity index (χ4n) is 3.32. The smallest absolute Gasteiger partial charge is 0.239 e. The summed E-state index contributed by atoms with van der Waals surface area (Å²) in [4.78, 5) is 14.2. The van der Waals surface area contributed by atoms with Crippen LogP contribution in [0.3, 0.4) is 0 Å². The molecule has 1 saturated heterocycles. The predicted octanol–water partition coefficient (Wildman–Crippen LogP) is 0.832. The van der Waals surface area contributed by atoms with Crippen molar-refractivity contribution in [2.45, 2.75) is 31.9 Å². The summed E-state index contributed by atoms with van der Waals surface area (Å²) in [6, 6.07) is 5.63. The van der Waals surface area contributed by atoms with E-state index in [-0.39, 0.29) is 11.5 Å². The maximum absolute atomic E-state index is 12.1. The summed E-state index contributed by atoms with van der Waals surface area (Å²) in [7, 11) is 0. The van der Waals surface area contributed by atoms with E-state index in [1.165, 1.54) is 5.56 Å². The molecule has 1 aromatic carbocycles. The van der Waals surface area contributed by atoms with Gasteiger partial charge in [-0.1, -0.05) is 18.2 Å². The molecular weight excluding hydrogens is 266 g/mol. The molecule has 5 heteroatoms. The molecular formula is C16H23N3O2. The minimum atomic E-state index is -0.407. The predicted molar refractivity (Wildman–Crippen MR) is 81.2 cm³/mol. The van der Waals surface area contributed by atoms with Gasteiger partial charge in [-0.3, -0.25) is 9.69 Å². The minimum Gasteiger partial charge on any atom is -0.487 e. The van der Waals surface area contributed by atoms with Gasteiger partial charge in [0.2, 0.25) is 5.91 Å². The van der Waals surface area contributed by atoms with E-state index >= 15 is 0 Å². The molecule has 3 N–H and O–H groups in total. The van der Waals surface area contributed by atoms with Gasteiger partial charge >= 0.3 is 0 Å². The number of para-hydroxylation sites is 1.